The Bertz CT molecular complexity index is 1190. The fourth-order valence-electron chi connectivity index (χ4n) is 2.95. The summed E-state index contributed by atoms with van der Waals surface area (Å²) in [7, 11) is 0. The van der Waals surface area contributed by atoms with Crippen molar-refractivity contribution >= 4 is 23.4 Å². The lowest BCUT2D eigenvalue weighted by Gasteiger charge is -2.07. The van der Waals surface area contributed by atoms with Gasteiger partial charge in [-0.25, -0.2) is 4.39 Å². The number of hydrogen-bond acceptors (Lipinski definition) is 7. The van der Waals surface area contributed by atoms with Gasteiger partial charge in [-0.2, -0.15) is 0 Å². The zero-order valence-electron chi connectivity index (χ0n) is 16.9. The average Bonchev–Trinajstić information content (AvgIpc) is 3.40. The topological polar surface area (TPSA) is 98.7 Å². The number of hydrogen-bond donors (Lipinski definition) is 1. The lowest BCUT2D eigenvalue weighted by atomic mass is 10.2. The van der Waals surface area contributed by atoms with Gasteiger partial charge in [0.1, 0.15) is 5.82 Å². The van der Waals surface area contributed by atoms with Crippen molar-refractivity contribution in [3.05, 3.63) is 60.2 Å². The predicted octanol–water partition coefficient (Wildman–Crippen LogP) is 4.40. The number of halogens is 1. The Morgan fingerprint density at radius 1 is 1.03 bits per heavy atom. The van der Waals surface area contributed by atoms with Crippen LogP contribution in [-0.2, 0) is 17.1 Å². The second-order valence-corrected chi connectivity index (χ2v) is 7.55. The van der Waals surface area contributed by atoms with Crippen LogP contribution in [0.5, 0.6) is 0 Å². The first kappa shape index (κ1) is 20.7. The molecule has 0 aliphatic carbocycles. The molecule has 4 rings (SSSR count). The molecule has 0 atom stereocenters. The van der Waals surface area contributed by atoms with Crippen LogP contribution in [0, 0.1) is 5.82 Å². The molecule has 0 unspecified atom stereocenters. The Balaban J connectivity index is 1.47. The number of aromatic nitrogens is 5. The number of carbonyl (C=O) groups is 1. The molecule has 10 heteroatoms. The molecule has 2 heterocycles. The Labute approximate surface area is 181 Å². The fourth-order valence-corrected chi connectivity index (χ4v) is 3.79. The molecule has 0 aliphatic heterocycles. The van der Waals surface area contributed by atoms with Crippen molar-refractivity contribution < 1.29 is 13.6 Å². The maximum Gasteiger partial charge on any atom is 0.247 e. The van der Waals surface area contributed by atoms with E-state index in [9.17, 15) is 9.18 Å². The summed E-state index contributed by atoms with van der Waals surface area (Å²) in [5.41, 5.74) is 2.28. The fraction of sp³-hybridized carbons (Fsp3) is 0.190. The minimum absolute atomic E-state index is 0.119. The molecule has 0 spiro atoms. The van der Waals surface area contributed by atoms with Crippen LogP contribution < -0.4 is 5.32 Å². The third-order valence-electron chi connectivity index (χ3n) is 4.38. The van der Waals surface area contributed by atoms with Crippen LogP contribution in [0.4, 0.5) is 10.1 Å². The molecule has 1 N–H and O–H groups in total. The van der Waals surface area contributed by atoms with Gasteiger partial charge in [0.05, 0.1) is 5.75 Å². The van der Waals surface area contributed by atoms with Gasteiger partial charge in [0.25, 0.3) is 0 Å². The largest absolute Gasteiger partial charge is 0.420 e. The number of anilines is 1. The van der Waals surface area contributed by atoms with E-state index in [1.165, 1.54) is 30.8 Å². The Kier molecular flexibility index (Phi) is 6.08. The highest BCUT2D eigenvalue weighted by molar-refractivity contribution is 7.98. The summed E-state index contributed by atoms with van der Waals surface area (Å²) in [6, 6.07) is 13.3. The van der Waals surface area contributed by atoms with Crippen molar-refractivity contribution in [3.8, 4) is 22.8 Å². The van der Waals surface area contributed by atoms with Gasteiger partial charge < -0.3 is 14.3 Å². The summed E-state index contributed by atoms with van der Waals surface area (Å²) in [6.45, 7) is 4.17. The number of rotatable bonds is 7. The number of nitrogens with zero attached hydrogens (tertiary/aromatic N) is 5. The molecule has 0 bridgehead atoms. The van der Waals surface area contributed by atoms with Gasteiger partial charge in [-0.1, -0.05) is 11.8 Å². The minimum Gasteiger partial charge on any atom is -0.420 e. The molecule has 0 aliphatic rings. The van der Waals surface area contributed by atoms with E-state index in [4.69, 9.17) is 4.42 Å². The standard InChI is InChI=1S/C21H19FN6O2S/c1-3-28-19(14-6-10-17(11-7-14)23-13(2)29)25-27-21(28)31-12-18-24-26-20(30-18)15-4-8-16(22)9-5-15/h4-11H,3,12H2,1-2H3,(H,23,29). The van der Waals surface area contributed by atoms with E-state index in [0.29, 0.717) is 29.6 Å². The maximum atomic E-state index is 13.1. The molecule has 31 heavy (non-hydrogen) atoms. The molecule has 2 aromatic heterocycles. The Morgan fingerprint density at radius 2 is 1.74 bits per heavy atom. The van der Waals surface area contributed by atoms with E-state index in [1.807, 2.05) is 35.8 Å². The van der Waals surface area contributed by atoms with Crippen molar-refractivity contribution in [2.24, 2.45) is 0 Å². The van der Waals surface area contributed by atoms with Gasteiger partial charge in [0, 0.05) is 30.3 Å². The summed E-state index contributed by atoms with van der Waals surface area (Å²) >= 11 is 1.44. The maximum absolute atomic E-state index is 13.1. The first-order chi connectivity index (χ1) is 15.0. The van der Waals surface area contributed by atoms with Crippen LogP contribution in [0.25, 0.3) is 22.8 Å². The molecular formula is C21H19FN6O2S. The molecule has 158 valence electrons. The molecule has 8 nitrogen and oxygen atoms in total. The second kappa shape index (κ2) is 9.09. The number of benzene rings is 2. The van der Waals surface area contributed by atoms with Crippen LogP contribution in [0.1, 0.15) is 19.7 Å². The highest BCUT2D eigenvalue weighted by Crippen LogP contribution is 2.28. The second-order valence-electron chi connectivity index (χ2n) is 6.61. The Hall–Kier alpha value is -3.53. The molecule has 2 aromatic carbocycles. The van der Waals surface area contributed by atoms with Crippen molar-refractivity contribution in [3.63, 3.8) is 0 Å². The average molecular weight is 438 g/mol. The molecule has 0 saturated heterocycles. The smallest absolute Gasteiger partial charge is 0.247 e. The van der Waals surface area contributed by atoms with Crippen molar-refractivity contribution in [1.82, 2.24) is 25.0 Å². The summed E-state index contributed by atoms with van der Waals surface area (Å²) in [4.78, 5) is 11.2. The van der Waals surface area contributed by atoms with Gasteiger partial charge in [0.15, 0.2) is 11.0 Å². The SMILES string of the molecule is CCn1c(SCc2nnc(-c3ccc(F)cc3)o2)nnc1-c1ccc(NC(C)=O)cc1. The van der Waals surface area contributed by atoms with E-state index >= 15 is 0 Å². The molecule has 0 fully saturated rings. The molecule has 0 radical (unpaired) electrons. The lowest BCUT2D eigenvalue weighted by molar-refractivity contribution is -0.114. The first-order valence-electron chi connectivity index (χ1n) is 9.56. The summed E-state index contributed by atoms with van der Waals surface area (Å²) in [5.74, 6) is 1.50. The third-order valence-corrected chi connectivity index (χ3v) is 5.33. The number of nitrogens with one attached hydrogen (secondary N) is 1. The number of carbonyl (C=O) groups excluding carboxylic acids is 1. The number of amides is 1. The van der Waals surface area contributed by atoms with Crippen molar-refractivity contribution in [1.29, 1.82) is 0 Å². The van der Waals surface area contributed by atoms with Gasteiger partial charge in [-0.3, -0.25) is 4.79 Å². The highest BCUT2D eigenvalue weighted by Gasteiger charge is 2.15. The summed E-state index contributed by atoms with van der Waals surface area (Å²) in [5, 5.41) is 20.2. The molecule has 4 aromatic rings. The molecule has 0 saturated carbocycles. The Morgan fingerprint density at radius 3 is 2.42 bits per heavy atom. The normalized spacial score (nSPS) is 10.9. The van der Waals surface area contributed by atoms with Gasteiger partial charge in [-0.15, -0.1) is 20.4 Å². The van der Waals surface area contributed by atoms with Crippen LogP contribution in [-0.4, -0.2) is 30.9 Å². The van der Waals surface area contributed by atoms with Crippen molar-refractivity contribution in [2.75, 3.05) is 5.32 Å². The van der Waals surface area contributed by atoms with E-state index in [-0.39, 0.29) is 11.7 Å². The highest BCUT2D eigenvalue weighted by atomic mass is 32.2. The van der Waals surface area contributed by atoms with Crippen LogP contribution in [0.2, 0.25) is 0 Å². The molecular weight excluding hydrogens is 419 g/mol. The van der Waals surface area contributed by atoms with E-state index < -0.39 is 0 Å². The predicted molar refractivity (Wildman–Crippen MR) is 115 cm³/mol. The van der Waals surface area contributed by atoms with Gasteiger partial charge >= 0.3 is 0 Å². The quantitative estimate of drug-likeness (QED) is 0.427. The summed E-state index contributed by atoms with van der Waals surface area (Å²) in [6.07, 6.45) is 0. The zero-order valence-corrected chi connectivity index (χ0v) is 17.7. The lowest BCUT2D eigenvalue weighted by Crippen LogP contribution is -2.05. The van der Waals surface area contributed by atoms with Crippen molar-refractivity contribution in [2.45, 2.75) is 31.3 Å². The number of thioether (sulfide) groups is 1. The monoisotopic (exact) mass is 438 g/mol. The molecule has 1 amide bonds. The van der Waals surface area contributed by atoms with E-state index in [0.717, 1.165) is 22.2 Å². The summed E-state index contributed by atoms with van der Waals surface area (Å²) < 4.78 is 20.8. The minimum atomic E-state index is -0.321. The first-order valence-corrected chi connectivity index (χ1v) is 10.5. The van der Waals surface area contributed by atoms with Crippen LogP contribution in [0.15, 0.2) is 58.1 Å². The van der Waals surface area contributed by atoms with E-state index in [1.54, 1.807) is 12.1 Å². The van der Waals surface area contributed by atoms with E-state index in [2.05, 4.69) is 25.7 Å². The van der Waals surface area contributed by atoms with Crippen LogP contribution >= 0.6 is 11.8 Å². The van der Waals surface area contributed by atoms with Crippen LogP contribution in [0.3, 0.4) is 0 Å². The third kappa shape index (κ3) is 4.80. The van der Waals surface area contributed by atoms with Gasteiger partial charge in [0.2, 0.25) is 17.7 Å². The van der Waals surface area contributed by atoms with Gasteiger partial charge in [-0.05, 0) is 55.5 Å². The zero-order chi connectivity index (χ0) is 21.8.